The molecule has 1 atom stereocenters. The molecule has 0 aromatic heterocycles. The Hall–Kier alpha value is -1.12. The molecular weight excluding hydrogens is 228 g/mol. The lowest BCUT2D eigenvalue weighted by atomic mass is 10.4. The van der Waals surface area contributed by atoms with Crippen molar-refractivity contribution in [1.29, 1.82) is 0 Å². The van der Waals surface area contributed by atoms with E-state index in [2.05, 4.69) is 0 Å². The van der Waals surface area contributed by atoms with E-state index in [1.54, 1.807) is 18.2 Å². The largest absolute Gasteiger partial charge is 0.249 e. The molecule has 0 radical (unpaired) electrons. The van der Waals surface area contributed by atoms with Crippen molar-refractivity contribution in [3.8, 4) is 0 Å². The first-order chi connectivity index (χ1) is 7.27. The first-order valence-corrected chi connectivity index (χ1v) is 6.02. The smallest absolute Gasteiger partial charge is 0.0850 e. The third-order valence-electron chi connectivity index (χ3n) is 1.97. The molecule has 0 spiro atoms. The number of hydrogen-bond donors (Lipinski definition) is 0. The summed E-state index contributed by atoms with van der Waals surface area (Å²) in [4.78, 5) is 1.52. The topological polar surface area (TPSA) is 17.1 Å². The Balaban J connectivity index is 2.37. The van der Waals surface area contributed by atoms with E-state index in [9.17, 15) is 4.21 Å². The highest BCUT2D eigenvalue weighted by molar-refractivity contribution is 7.85. The SMILES string of the molecule is O=[S@@](c1ccccc1)c1cccc(Cl)c1. The van der Waals surface area contributed by atoms with Gasteiger partial charge in [0.05, 0.1) is 10.8 Å². The molecule has 0 fully saturated rings. The molecule has 1 nitrogen and oxygen atoms in total. The van der Waals surface area contributed by atoms with Gasteiger partial charge in [-0.05, 0) is 30.3 Å². The number of rotatable bonds is 2. The molecule has 0 heterocycles. The molecular formula is C12H9ClOS. The maximum absolute atomic E-state index is 12.1. The van der Waals surface area contributed by atoms with Gasteiger partial charge >= 0.3 is 0 Å². The summed E-state index contributed by atoms with van der Waals surface area (Å²) < 4.78 is 12.1. The van der Waals surface area contributed by atoms with Gasteiger partial charge in [0.2, 0.25) is 0 Å². The lowest BCUT2D eigenvalue weighted by molar-refractivity contribution is 0.683. The van der Waals surface area contributed by atoms with E-state index in [1.807, 2.05) is 36.4 Å². The molecule has 0 aliphatic carbocycles. The van der Waals surface area contributed by atoms with Crippen LogP contribution in [-0.4, -0.2) is 4.21 Å². The van der Waals surface area contributed by atoms with Crippen LogP contribution in [0.2, 0.25) is 5.02 Å². The number of halogens is 1. The van der Waals surface area contributed by atoms with E-state index >= 15 is 0 Å². The van der Waals surface area contributed by atoms with Gasteiger partial charge in [0.25, 0.3) is 0 Å². The second kappa shape index (κ2) is 4.60. The summed E-state index contributed by atoms with van der Waals surface area (Å²) in [6.07, 6.45) is 0. The molecule has 0 aliphatic rings. The Kier molecular flexibility index (Phi) is 3.19. The normalized spacial score (nSPS) is 12.3. The lowest BCUT2D eigenvalue weighted by Crippen LogP contribution is -1.91. The summed E-state index contributed by atoms with van der Waals surface area (Å²) in [6, 6.07) is 16.5. The molecule has 2 aromatic carbocycles. The monoisotopic (exact) mass is 236 g/mol. The van der Waals surface area contributed by atoms with Gasteiger partial charge in [-0.1, -0.05) is 35.9 Å². The molecule has 0 N–H and O–H groups in total. The van der Waals surface area contributed by atoms with Gasteiger partial charge in [-0.15, -0.1) is 0 Å². The van der Waals surface area contributed by atoms with Gasteiger partial charge in [-0.2, -0.15) is 0 Å². The van der Waals surface area contributed by atoms with Crippen molar-refractivity contribution in [2.24, 2.45) is 0 Å². The van der Waals surface area contributed by atoms with Gasteiger partial charge in [-0.3, -0.25) is 0 Å². The molecule has 2 aromatic rings. The second-order valence-electron chi connectivity index (χ2n) is 3.04. The molecule has 15 heavy (non-hydrogen) atoms. The van der Waals surface area contributed by atoms with Crippen LogP contribution in [0.4, 0.5) is 0 Å². The minimum atomic E-state index is -1.14. The fraction of sp³-hybridized carbons (Fsp3) is 0. The molecule has 2 rings (SSSR count). The van der Waals surface area contributed by atoms with Gasteiger partial charge in [-0.25, -0.2) is 4.21 Å². The quantitative estimate of drug-likeness (QED) is 0.780. The molecule has 0 aliphatic heterocycles. The minimum Gasteiger partial charge on any atom is -0.249 e. The van der Waals surface area contributed by atoms with E-state index in [0.717, 1.165) is 9.79 Å². The van der Waals surface area contributed by atoms with Crippen LogP contribution in [0.15, 0.2) is 64.4 Å². The van der Waals surface area contributed by atoms with Crippen LogP contribution in [0.1, 0.15) is 0 Å². The standard InChI is InChI=1S/C12H9ClOS/c13-10-5-4-8-12(9-10)15(14)11-6-2-1-3-7-11/h1-9H/t15-/m0/s1. The zero-order chi connectivity index (χ0) is 10.7. The zero-order valence-corrected chi connectivity index (χ0v) is 9.46. The molecule has 3 heteroatoms. The van der Waals surface area contributed by atoms with Gasteiger partial charge < -0.3 is 0 Å². The summed E-state index contributed by atoms with van der Waals surface area (Å²) in [6.45, 7) is 0. The van der Waals surface area contributed by atoms with Crippen LogP contribution in [-0.2, 0) is 10.8 Å². The highest BCUT2D eigenvalue weighted by Gasteiger charge is 2.05. The predicted octanol–water partition coefficient (Wildman–Crippen LogP) is 3.51. The fourth-order valence-electron chi connectivity index (χ4n) is 1.26. The molecule has 0 saturated carbocycles. The minimum absolute atomic E-state index is 0.608. The van der Waals surface area contributed by atoms with Crippen molar-refractivity contribution in [2.45, 2.75) is 9.79 Å². The van der Waals surface area contributed by atoms with Crippen LogP contribution in [0.3, 0.4) is 0 Å². The van der Waals surface area contributed by atoms with Crippen molar-refractivity contribution in [1.82, 2.24) is 0 Å². The summed E-state index contributed by atoms with van der Waals surface area (Å²) in [5.74, 6) is 0. The van der Waals surface area contributed by atoms with E-state index < -0.39 is 10.8 Å². The average molecular weight is 237 g/mol. The van der Waals surface area contributed by atoms with Crippen LogP contribution in [0.5, 0.6) is 0 Å². The highest BCUT2D eigenvalue weighted by atomic mass is 35.5. The van der Waals surface area contributed by atoms with E-state index in [4.69, 9.17) is 11.6 Å². The first kappa shape index (κ1) is 10.4. The summed E-state index contributed by atoms with van der Waals surface area (Å²) in [5, 5.41) is 0.608. The van der Waals surface area contributed by atoms with Crippen molar-refractivity contribution in [2.75, 3.05) is 0 Å². The Morgan fingerprint density at radius 1 is 0.867 bits per heavy atom. The summed E-state index contributed by atoms with van der Waals surface area (Å²) in [5.41, 5.74) is 0. The predicted molar refractivity (Wildman–Crippen MR) is 62.6 cm³/mol. The van der Waals surface area contributed by atoms with Crippen LogP contribution in [0, 0.1) is 0 Å². The Labute approximate surface area is 96.2 Å². The Bertz CT molecular complexity index is 482. The lowest BCUT2D eigenvalue weighted by Gasteiger charge is -2.01. The second-order valence-corrected chi connectivity index (χ2v) is 4.96. The Morgan fingerprint density at radius 2 is 1.53 bits per heavy atom. The number of hydrogen-bond acceptors (Lipinski definition) is 1. The molecule has 0 unspecified atom stereocenters. The van der Waals surface area contributed by atoms with Gasteiger partial charge in [0, 0.05) is 14.8 Å². The van der Waals surface area contributed by atoms with E-state index in [0.29, 0.717) is 5.02 Å². The van der Waals surface area contributed by atoms with E-state index in [1.165, 1.54) is 0 Å². The molecule has 76 valence electrons. The zero-order valence-electron chi connectivity index (χ0n) is 7.89. The van der Waals surface area contributed by atoms with Crippen molar-refractivity contribution in [3.05, 3.63) is 59.6 Å². The van der Waals surface area contributed by atoms with Crippen molar-refractivity contribution in [3.63, 3.8) is 0 Å². The number of benzene rings is 2. The summed E-state index contributed by atoms with van der Waals surface area (Å²) in [7, 11) is -1.14. The maximum Gasteiger partial charge on any atom is 0.0850 e. The molecule has 0 bridgehead atoms. The fourth-order valence-corrected chi connectivity index (χ4v) is 2.63. The highest BCUT2D eigenvalue weighted by Crippen LogP contribution is 2.19. The van der Waals surface area contributed by atoms with Gasteiger partial charge in [0.15, 0.2) is 0 Å². The maximum atomic E-state index is 12.1. The summed E-state index contributed by atoms with van der Waals surface area (Å²) >= 11 is 5.84. The molecule has 0 saturated heterocycles. The van der Waals surface area contributed by atoms with Crippen LogP contribution < -0.4 is 0 Å². The van der Waals surface area contributed by atoms with E-state index in [-0.39, 0.29) is 0 Å². The molecule has 0 amide bonds. The third-order valence-corrected chi connectivity index (χ3v) is 3.58. The van der Waals surface area contributed by atoms with Crippen LogP contribution in [0.25, 0.3) is 0 Å². The van der Waals surface area contributed by atoms with Crippen LogP contribution >= 0.6 is 11.6 Å². The van der Waals surface area contributed by atoms with Crippen molar-refractivity contribution >= 4 is 22.4 Å². The Morgan fingerprint density at radius 3 is 2.20 bits per heavy atom. The third kappa shape index (κ3) is 2.46. The van der Waals surface area contributed by atoms with Crippen molar-refractivity contribution < 1.29 is 4.21 Å². The first-order valence-electron chi connectivity index (χ1n) is 4.50. The average Bonchev–Trinajstić information content (AvgIpc) is 2.29. The van der Waals surface area contributed by atoms with Gasteiger partial charge in [0.1, 0.15) is 0 Å².